The Labute approximate surface area is 216 Å². The maximum absolute atomic E-state index is 13.5. The van der Waals surface area contributed by atoms with Crippen LogP contribution in [0.15, 0.2) is 66.6 Å². The van der Waals surface area contributed by atoms with Crippen molar-refractivity contribution in [3.8, 4) is 17.2 Å². The predicted molar refractivity (Wildman–Crippen MR) is 144 cm³/mol. The molecule has 0 N–H and O–H groups in total. The number of Topliss-reactive ketones (excluding diaryl/α,β-unsaturated/α-hetero) is 1. The number of benzene rings is 3. The number of allylic oxidation sites excluding steroid dienone is 1. The molecule has 0 bridgehead atoms. The average molecular weight is 495 g/mol. The molecule has 0 saturated carbocycles. The second-order valence-corrected chi connectivity index (χ2v) is 9.81. The van der Waals surface area contributed by atoms with Gasteiger partial charge in [0.05, 0.1) is 18.2 Å². The van der Waals surface area contributed by atoms with Crippen LogP contribution >= 0.6 is 0 Å². The summed E-state index contributed by atoms with van der Waals surface area (Å²) in [5.41, 5.74) is 5.77. The van der Waals surface area contributed by atoms with Gasteiger partial charge in [0.2, 0.25) is 5.78 Å². The molecular formula is C31H30N2O4. The molecule has 0 saturated heterocycles. The minimum atomic E-state index is -0.0867. The fraction of sp³-hybridized carbons (Fsp3) is 0.258. The van der Waals surface area contributed by atoms with Crippen LogP contribution in [-0.4, -0.2) is 35.6 Å². The molecule has 6 heteroatoms. The molecular weight excluding hydrogens is 464 g/mol. The lowest BCUT2D eigenvalue weighted by atomic mass is 9.98. The molecule has 3 heterocycles. The van der Waals surface area contributed by atoms with Crippen molar-refractivity contribution in [1.82, 2.24) is 9.47 Å². The summed E-state index contributed by atoms with van der Waals surface area (Å²) in [5.74, 6) is 2.46. The van der Waals surface area contributed by atoms with Crippen LogP contribution in [0, 0.1) is 6.92 Å². The second kappa shape index (κ2) is 9.45. The molecule has 37 heavy (non-hydrogen) atoms. The Bertz CT molecular complexity index is 1530. The van der Waals surface area contributed by atoms with Crippen LogP contribution in [0.2, 0.25) is 0 Å². The van der Waals surface area contributed by atoms with Crippen LogP contribution < -0.4 is 14.2 Å². The Hall–Kier alpha value is -4.03. The third-order valence-electron chi connectivity index (χ3n) is 7.28. The summed E-state index contributed by atoms with van der Waals surface area (Å²) in [7, 11) is 3.65. The summed E-state index contributed by atoms with van der Waals surface area (Å²) in [4.78, 5) is 15.8. The number of aromatic nitrogens is 1. The number of nitrogens with zero attached hydrogens (tertiary/aromatic N) is 2. The van der Waals surface area contributed by atoms with E-state index >= 15 is 0 Å². The number of rotatable bonds is 6. The number of carbonyl (C=O) groups is 1. The Morgan fingerprint density at radius 2 is 1.95 bits per heavy atom. The van der Waals surface area contributed by atoms with E-state index in [4.69, 9.17) is 14.2 Å². The van der Waals surface area contributed by atoms with Crippen LogP contribution in [0.1, 0.15) is 39.0 Å². The highest BCUT2D eigenvalue weighted by atomic mass is 16.5. The molecule has 6 rings (SSSR count). The first-order valence-electron chi connectivity index (χ1n) is 12.6. The summed E-state index contributed by atoms with van der Waals surface area (Å²) in [6.45, 7) is 4.08. The average Bonchev–Trinajstić information content (AvgIpc) is 3.41. The van der Waals surface area contributed by atoms with Crippen molar-refractivity contribution >= 4 is 22.8 Å². The molecule has 0 aliphatic carbocycles. The topological polar surface area (TPSA) is 52.9 Å². The number of ketones is 1. The summed E-state index contributed by atoms with van der Waals surface area (Å²) >= 11 is 0. The van der Waals surface area contributed by atoms with Crippen LogP contribution in [0.3, 0.4) is 0 Å². The van der Waals surface area contributed by atoms with E-state index in [0.29, 0.717) is 30.3 Å². The van der Waals surface area contributed by atoms with E-state index in [1.807, 2.05) is 61.1 Å². The van der Waals surface area contributed by atoms with E-state index in [-0.39, 0.29) is 5.78 Å². The van der Waals surface area contributed by atoms with E-state index in [2.05, 4.69) is 29.2 Å². The van der Waals surface area contributed by atoms with Gasteiger partial charge >= 0.3 is 0 Å². The molecule has 0 radical (unpaired) electrons. The van der Waals surface area contributed by atoms with E-state index in [1.165, 1.54) is 5.56 Å². The van der Waals surface area contributed by atoms with Crippen molar-refractivity contribution in [2.45, 2.75) is 26.3 Å². The third kappa shape index (κ3) is 4.27. The minimum Gasteiger partial charge on any atom is -0.497 e. The highest BCUT2D eigenvalue weighted by molar-refractivity contribution is 6.16. The van der Waals surface area contributed by atoms with Gasteiger partial charge < -0.3 is 18.8 Å². The molecule has 4 aromatic rings. The van der Waals surface area contributed by atoms with Crippen molar-refractivity contribution in [2.75, 3.05) is 20.4 Å². The van der Waals surface area contributed by atoms with Crippen molar-refractivity contribution in [1.29, 1.82) is 0 Å². The fourth-order valence-corrected chi connectivity index (χ4v) is 5.36. The first-order chi connectivity index (χ1) is 18.0. The summed E-state index contributed by atoms with van der Waals surface area (Å²) < 4.78 is 19.9. The molecule has 0 atom stereocenters. The zero-order valence-corrected chi connectivity index (χ0v) is 21.4. The van der Waals surface area contributed by atoms with Gasteiger partial charge in [-0.05, 0) is 61.2 Å². The largest absolute Gasteiger partial charge is 0.497 e. The van der Waals surface area contributed by atoms with Gasteiger partial charge in [-0.1, -0.05) is 30.3 Å². The molecule has 3 aromatic carbocycles. The Kier molecular flexibility index (Phi) is 5.97. The molecule has 2 aliphatic heterocycles. The molecule has 188 valence electrons. The van der Waals surface area contributed by atoms with Gasteiger partial charge in [-0.3, -0.25) is 9.69 Å². The van der Waals surface area contributed by atoms with Gasteiger partial charge in [-0.25, -0.2) is 0 Å². The lowest BCUT2D eigenvalue weighted by Crippen LogP contribution is -2.33. The lowest BCUT2D eigenvalue weighted by Gasteiger charge is -2.30. The number of hydrogen-bond acceptors (Lipinski definition) is 5. The molecule has 0 unspecified atom stereocenters. The maximum Gasteiger partial charge on any atom is 0.232 e. The lowest BCUT2D eigenvalue weighted by molar-refractivity contribution is 0.0928. The summed E-state index contributed by atoms with van der Waals surface area (Å²) in [6.07, 6.45) is 5.91. The quantitative estimate of drug-likeness (QED) is 0.313. The SMILES string of the molecule is COc1ccc2c(c1)c(/C=C1\Oc3c4c(cc(C)c3C1=O)OCN(CCCc1ccccc1)C4)cn2C. The number of fused-ring (bicyclic) bond motifs is 4. The molecule has 1 aromatic heterocycles. The van der Waals surface area contributed by atoms with Gasteiger partial charge in [0.1, 0.15) is 24.0 Å². The number of carbonyl (C=O) groups excluding carboxylic acids is 1. The predicted octanol–water partition coefficient (Wildman–Crippen LogP) is 5.90. The summed E-state index contributed by atoms with van der Waals surface area (Å²) in [5, 5.41) is 1.01. The van der Waals surface area contributed by atoms with Crippen LogP contribution in [0.25, 0.3) is 17.0 Å². The number of aryl methyl sites for hydroxylation is 3. The standard InChI is InChI=1S/C31H30N2O4/c1-20-14-27-25(18-33(19-36-27)13-7-10-21-8-5-4-6-9-21)31-29(20)30(34)28(37-31)15-22-17-32(2)26-12-11-23(35-3)16-24(22)26/h4-6,8-9,11-12,14-17H,7,10,13,18-19H2,1-3H3/b28-15-. The van der Waals surface area contributed by atoms with Gasteiger partial charge in [0.15, 0.2) is 5.76 Å². The van der Waals surface area contributed by atoms with E-state index in [9.17, 15) is 4.79 Å². The Morgan fingerprint density at radius 1 is 1.11 bits per heavy atom. The molecule has 0 amide bonds. The zero-order valence-electron chi connectivity index (χ0n) is 21.4. The van der Waals surface area contributed by atoms with E-state index in [0.717, 1.165) is 58.5 Å². The second-order valence-electron chi connectivity index (χ2n) is 9.81. The van der Waals surface area contributed by atoms with E-state index < -0.39 is 0 Å². The highest BCUT2D eigenvalue weighted by Crippen LogP contribution is 2.44. The maximum atomic E-state index is 13.5. The van der Waals surface area contributed by atoms with Crippen molar-refractivity contribution in [3.63, 3.8) is 0 Å². The Balaban J connectivity index is 1.27. The number of hydrogen-bond donors (Lipinski definition) is 0. The minimum absolute atomic E-state index is 0.0867. The van der Waals surface area contributed by atoms with Crippen molar-refractivity contribution in [2.24, 2.45) is 7.05 Å². The Morgan fingerprint density at radius 3 is 2.76 bits per heavy atom. The van der Waals surface area contributed by atoms with Gasteiger partial charge in [-0.2, -0.15) is 0 Å². The van der Waals surface area contributed by atoms with Gasteiger partial charge in [-0.15, -0.1) is 0 Å². The first-order valence-corrected chi connectivity index (χ1v) is 12.6. The highest BCUT2D eigenvalue weighted by Gasteiger charge is 2.35. The third-order valence-corrected chi connectivity index (χ3v) is 7.28. The van der Waals surface area contributed by atoms with Crippen LogP contribution in [0.4, 0.5) is 0 Å². The fourth-order valence-electron chi connectivity index (χ4n) is 5.36. The summed E-state index contributed by atoms with van der Waals surface area (Å²) in [6, 6.07) is 18.5. The van der Waals surface area contributed by atoms with E-state index in [1.54, 1.807) is 7.11 Å². The smallest absolute Gasteiger partial charge is 0.232 e. The molecule has 6 nitrogen and oxygen atoms in total. The zero-order chi connectivity index (χ0) is 25.5. The normalized spacial score (nSPS) is 16.0. The van der Waals surface area contributed by atoms with Crippen molar-refractivity contribution < 1.29 is 19.0 Å². The van der Waals surface area contributed by atoms with Crippen LogP contribution in [0.5, 0.6) is 17.2 Å². The first kappa shape index (κ1) is 23.4. The molecule has 0 fully saturated rings. The van der Waals surface area contributed by atoms with Crippen molar-refractivity contribution in [3.05, 3.63) is 94.4 Å². The van der Waals surface area contributed by atoms with Gasteiger partial charge in [0, 0.05) is 42.8 Å². The molecule has 0 spiro atoms. The number of ether oxygens (including phenoxy) is 3. The molecule has 2 aliphatic rings. The monoisotopic (exact) mass is 494 g/mol. The number of methoxy groups -OCH3 is 1. The van der Waals surface area contributed by atoms with Gasteiger partial charge in [0.25, 0.3) is 0 Å². The van der Waals surface area contributed by atoms with Crippen LogP contribution in [-0.2, 0) is 20.0 Å².